The molecule has 1 heterocycles. The van der Waals surface area contributed by atoms with Crippen LogP contribution >= 0.6 is 12.2 Å². The van der Waals surface area contributed by atoms with Gasteiger partial charge in [-0.15, -0.1) is 0 Å². The number of aromatic nitrogens is 2. The molecule has 0 amide bonds. The van der Waals surface area contributed by atoms with E-state index in [0.29, 0.717) is 0 Å². The molecule has 0 aliphatic rings. The van der Waals surface area contributed by atoms with Crippen LogP contribution in [0.2, 0.25) is 0 Å². The predicted molar refractivity (Wildman–Crippen MR) is 73.4 cm³/mol. The number of aryl methyl sites for hydroxylation is 1. The van der Waals surface area contributed by atoms with Crippen LogP contribution in [0.4, 0.5) is 13.2 Å². The van der Waals surface area contributed by atoms with Crippen LogP contribution in [-0.2, 0) is 12.7 Å². The quantitative estimate of drug-likeness (QED) is 0.886. The molecule has 3 nitrogen and oxygen atoms in total. The zero-order valence-electron chi connectivity index (χ0n) is 10.6. The standard InChI is InChI=1S/C13H12F3N3S/c1-8-6-9(12(17)20)2-3-10(8)7-19-5-4-11(18-19)13(14,15)16/h2-6H,7H2,1H3,(H2,17,20). The third-order valence-electron chi connectivity index (χ3n) is 2.89. The molecule has 106 valence electrons. The van der Waals surface area contributed by atoms with Crippen molar-refractivity contribution >= 4 is 17.2 Å². The molecule has 0 fully saturated rings. The Morgan fingerprint density at radius 1 is 1.35 bits per heavy atom. The van der Waals surface area contributed by atoms with Crippen molar-refractivity contribution < 1.29 is 13.2 Å². The largest absolute Gasteiger partial charge is 0.435 e. The first-order valence-corrected chi connectivity index (χ1v) is 6.18. The Hall–Kier alpha value is -1.89. The Kier molecular flexibility index (Phi) is 3.80. The van der Waals surface area contributed by atoms with Gasteiger partial charge < -0.3 is 5.73 Å². The van der Waals surface area contributed by atoms with E-state index in [0.717, 1.165) is 22.8 Å². The molecule has 0 unspecified atom stereocenters. The molecule has 0 radical (unpaired) electrons. The second kappa shape index (κ2) is 5.24. The van der Waals surface area contributed by atoms with Gasteiger partial charge in [0, 0.05) is 11.8 Å². The molecule has 0 bridgehead atoms. The third kappa shape index (κ3) is 3.16. The predicted octanol–water partition coefficient (Wildman–Crippen LogP) is 2.89. The molecule has 2 N–H and O–H groups in total. The summed E-state index contributed by atoms with van der Waals surface area (Å²) in [5.74, 6) is 0. The Morgan fingerprint density at radius 2 is 2.05 bits per heavy atom. The summed E-state index contributed by atoms with van der Waals surface area (Å²) in [6.07, 6.45) is -3.11. The van der Waals surface area contributed by atoms with E-state index in [1.165, 1.54) is 10.9 Å². The summed E-state index contributed by atoms with van der Waals surface area (Å²) < 4.78 is 38.6. The first kappa shape index (κ1) is 14.5. The highest BCUT2D eigenvalue weighted by Crippen LogP contribution is 2.27. The summed E-state index contributed by atoms with van der Waals surface area (Å²) >= 11 is 4.87. The fraction of sp³-hybridized carbons (Fsp3) is 0.231. The molecule has 0 aliphatic heterocycles. The molecule has 0 atom stereocenters. The molecule has 0 saturated heterocycles. The van der Waals surface area contributed by atoms with Crippen molar-refractivity contribution in [2.45, 2.75) is 19.6 Å². The lowest BCUT2D eigenvalue weighted by atomic mass is 10.1. The van der Waals surface area contributed by atoms with E-state index < -0.39 is 11.9 Å². The fourth-order valence-electron chi connectivity index (χ4n) is 1.80. The lowest BCUT2D eigenvalue weighted by molar-refractivity contribution is -0.141. The number of alkyl halides is 3. The smallest absolute Gasteiger partial charge is 0.389 e. The highest BCUT2D eigenvalue weighted by molar-refractivity contribution is 7.80. The molecular formula is C13H12F3N3S. The van der Waals surface area contributed by atoms with E-state index >= 15 is 0 Å². The summed E-state index contributed by atoms with van der Waals surface area (Å²) in [5, 5.41) is 3.52. The van der Waals surface area contributed by atoms with Gasteiger partial charge in [0.1, 0.15) is 4.99 Å². The van der Waals surface area contributed by atoms with Crippen molar-refractivity contribution in [3.05, 3.63) is 52.8 Å². The molecular weight excluding hydrogens is 287 g/mol. The zero-order chi connectivity index (χ0) is 14.9. The minimum absolute atomic E-state index is 0.263. The molecule has 0 spiro atoms. The van der Waals surface area contributed by atoms with Crippen molar-refractivity contribution in [2.24, 2.45) is 5.73 Å². The average Bonchev–Trinajstić information content (AvgIpc) is 2.80. The Labute approximate surface area is 119 Å². The van der Waals surface area contributed by atoms with E-state index in [9.17, 15) is 13.2 Å². The van der Waals surface area contributed by atoms with E-state index in [4.69, 9.17) is 18.0 Å². The highest BCUT2D eigenvalue weighted by Gasteiger charge is 2.33. The van der Waals surface area contributed by atoms with Gasteiger partial charge in [-0.05, 0) is 30.2 Å². The highest BCUT2D eigenvalue weighted by atomic mass is 32.1. The Balaban J connectivity index is 2.22. The number of hydrogen-bond acceptors (Lipinski definition) is 2. The van der Waals surface area contributed by atoms with E-state index in [-0.39, 0.29) is 11.5 Å². The molecule has 0 aliphatic carbocycles. The van der Waals surface area contributed by atoms with Crippen molar-refractivity contribution in [1.82, 2.24) is 9.78 Å². The normalized spacial score (nSPS) is 11.6. The Morgan fingerprint density at radius 3 is 2.55 bits per heavy atom. The van der Waals surface area contributed by atoms with Crippen molar-refractivity contribution in [3.8, 4) is 0 Å². The van der Waals surface area contributed by atoms with Crippen LogP contribution in [0.3, 0.4) is 0 Å². The molecule has 0 saturated carbocycles. The minimum Gasteiger partial charge on any atom is -0.389 e. The van der Waals surface area contributed by atoms with Crippen LogP contribution in [0, 0.1) is 6.92 Å². The van der Waals surface area contributed by atoms with Crippen LogP contribution in [-0.4, -0.2) is 14.8 Å². The maximum atomic E-state index is 12.5. The second-order valence-corrected chi connectivity index (χ2v) is 4.84. The number of hydrogen-bond donors (Lipinski definition) is 1. The molecule has 2 aromatic rings. The second-order valence-electron chi connectivity index (χ2n) is 4.40. The van der Waals surface area contributed by atoms with Crippen molar-refractivity contribution in [3.63, 3.8) is 0 Å². The minimum atomic E-state index is -4.42. The number of rotatable bonds is 3. The van der Waals surface area contributed by atoms with Gasteiger partial charge in [-0.2, -0.15) is 18.3 Å². The molecule has 1 aromatic heterocycles. The third-order valence-corrected chi connectivity index (χ3v) is 3.13. The van der Waals surface area contributed by atoms with Gasteiger partial charge in [0.25, 0.3) is 0 Å². The fourth-order valence-corrected chi connectivity index (χ4v) is 1.93. The molecule has 2 rings (SSSR count). The summed E-state index contributed by atoms with van der Waals surface area (Å²) in [5.41, 5.74) is 7.13. The van der Waals surface area contributed by atoms with E-state index in [1.54, 1.807) is 12.1 Å². The average molecular weight is 299 g/mol. The number of nitrogens with zero attached hydrogens (tertiary/aromatic N) is 2. The topological polar surface area (TPSA) is 43.8 Å². The van der Waals surface area contributed by atoms with E-state index in [1.807, 2.05) is 13.0 Å². The van der Waals surface area contributed by atoms with Crippen LogP contribution in [0.1, 0.15) is 22.4 Å². The number of nitrogens with two attached hydrogens (primary N) is 1. The SMILES string of the molecule is Cc1cc(C(N)=S)ccc1Cn1ccc(C(F)(F)F)n1. The van der Waals surface area contributed by atoms with Crippen LogP contribution in [0.25, 0.3) is 0 Å². The number of halogens is 3. The van der Waals surface area contributed by atoms with Gasteiger partial charge in [0.2, 0.25) is 0 Å². The summed E-state index contributed by atoms with van der Waals surface area (Å²) in [7, 11) is 0. The maximum Gasteiger partial charge on any atom is 0.435 e. The van der Waals surface area contributed by atoms with Crippen LogP contribution in [0.15, 0.2) is 30.5 Å². The lowest BCUT2D eigenvalue weighted by Gasteiger charge is -2.08. The first-order valence-electron chi connectivity index (χ1n) is 5.77. The summed E-state index contributed by atoms with van der Waals surface area (Å²) in [6.45, 7) is 2.12. The van der Waals surface area contributed by atoms with Gasteiger partial charge in [-0.25, -0.2) is 0 Å². The maximum absolute atomic E-state index is 12.5. The molecule has 1 aromatic carbocycles. The van der Waals surface area contributed by atoms with Gasteiger partial charge >= 0.3 is 6.18 Å². The van der Waals surface area contributed by atoms with E-state index in [2.05, 4.69) is 5.10 Å². The monoisotopic (exact) mass is 299 g/mol. The van der Waals surface area contributed by atoms with Gasteiger partial charge in [-0.1, -0.05) is 24.4 Å². The number of benzene rings is 1. The van der Waals surface area contributed by atoms with Crippen molar-refractivity contribution in [1.29, 1.82) is 0 Å². The first-order chi connectivity index (χ1) is 9.27. The number of thiocarbonyl (C=S) groups is 1. The molecule has 7 heteroatoms. The zero-order valence-corrected chi connectivity index (χ0v) is 11.4. The summed E-state index contributed by atoms with van der Waals surface area (Å²) in [4.78, 5) is 0.290. The van der Waals surface area contributed by atoms with Gasteiger partial charge in [0.05, 0.1) is 6.54 Å². The van der Waals surface area contributed by atoms with Crippen molar-refractivity contribution in [2.75, 3.05) is 0 Å². The molecule has 20 heavy (non-hydrogen) atoms. The Bertz CT molecular complexity index is 647. The van der Waals surface area contributed by atoms with Crippen LogP contribution in [0.5, 0.6) is 0 Å². The van der Waals surface area contributed by atoms with Gasteiger partial charge in [0.15, 0.2) is 5.69 Å². The van der Waals surface area contributed by atoms with Crippen LogP contribution < -0.4 is 5.73 Å². The lowest BCUT2D eigenvalue weighted by Crippen LogP contribution is -2.11. The summed E-state index contributed by atoms with van der Waals surface area (Å²) in [6, 6.07) is 6.31. The van der Waals surface area contributed by atoms with Gasteiger partial charge in [-0.3, -0.25) is 4.68 Å².